The minimum Gasteiger partial charge on any atom is -0.478 e. The van der Waals surface area contributed by atoms with Gasteiger partial charge in [-0.05, 0) is 18.4 Å². The van der Waals surface area contributed by atoms with E-state index >= 15 is 0 Å². The van der Waals surface area contributed by atoms with Crippen molar-refractivity contribution in [3.8, 4) is 0 Å². The molecule has 0 amide bonds. The van der Waals surface area contributed by atoms with Crippen LogP contribution in [0.3, 0.4) is 0 Å². The summed E-state index contributed by atoms with van der Waals surface area (Å²) >= 11 is 0. The van der Waals surface area contributed by atoms with E-state index in [0.717, 1.165) is 18.9 Å². The summed E-state index contributed by atoms with van der Waals surface area (Å²) in [5.74, 6) is -0.0778. The Hall–Kier alpha value is -1.58. The SMILES string of the molecule is O=C(O)c1ccncc1NCCC1CCC1. The third kappa shape index (κ3) is 2.51. The number of carboxylic acid groups (broad SMARTS) is 1. The van der Waals surface area contributed by atoms with Gasteiger partial charge in [0.2, 0.25) is 0 Å². The van der Waals surface area contributed by atoms with Crippen LogP contribution < -0.4 is 5.32 Å². The first-order chi connectivity index (χ1) is 7.77. The number of hydrogen-bond donors (Lipinski definition) is 2. The Balaban J connectivity index is 1.89. The molecule has 0 radical (unpaired) electrons. The van der Waals surface area contributed by atoms with Gasteiger partial charge < -0.3 is 10.4 Å². The van der Waals surface area contributed by atoms with Crippen LogP contribution in [-0.4, -0.2) is 22.6 Å². The zero-order valence-electron chi connectivity index (χ0n) is 9.15. The van der Waals surface area contributed by atoms with Gasteiger partial charge in [0.05, 0.1) is 17.4 Å². The van der Waals surface area contributed by atoms with Crippen LogP contribution >= 0.6 is 0 Å². The molecule has 0 bridgehead atoms. The fourth-order valence-corrected chi connectivity index (χ4v) is 1.91. The summed E-state index contributed by atoms with van der Waals surface area (Å²) in [6.07, 6.45) is 8.18. The van der Waals surface area contributed by atoms with Gasteiger partial charge in [0.25, 0.3) is 0 Å². The van der Waals surface area contributed by atoms with Gasteiger partial charge >= 0.3 is 5.97 Å². The minimum atomic E-state index is -0.909. The van der Waals surface area contributed by atoms with Crippen molar-refractivity contribution < 1.29 is 9.90 Å². The largest absolute Gasteiger partial charge is 0.478 e. The van der Waals surface area contributed by atoms with E-state index in [0.29, 0.717) is 11.3 Å². The molecule has 4 nitrogen and oxygen atoms in total. The molecule has 1 aliphatic carbocycles. The second kappa shape index (κ2) is 4.96. The monoisotopic (exact) mass is 220 g/mol. The smallest absolute Gasteiger partial charge is 0.337 e. The van der Waals surface area contributed by atoms with Gasteiger partial charge in [0, 0.05) is 12.7 Å². The molecule has 0 saturated heterocycles. The van der Waals surface area contributed by atoms with E-state index in [1.165, 1.54) is 31.5 Å². The van der Waals surface area contributed by atoms with Crippen molar-refractivity contribution in [2.24, 2.45) is 5.92 Å². The topological polar surface area (TPSA) is 62.2 Å². The van der Waals surface area contributed by atoms with Crippen LogP contribution in [0.15, 0.2) is 18.5 Å². The summed E-state index contributed by atoms with van der Waals surface area (Å²) in [4.78, 5) is 14.9. The lowest BCUT2D eigenvalue weighted by Crippen LogP contribution is -2.16. The van der Waals surface area contributed by atoms with Gasteiger partial charge in [-0.3, -0.25) is 4.98 Å². The fourth-order valence-electron chi connectivity index (χ4n) is 1.91. The highest BCUT2D eigenvalue weighted by Crippen LogP contribution is 2.29. The zero-order valence-corrected chi connectivity index (χ0v) is 9.15. The van der Waals surface area contributed by atoms with Crippen LogP contribution in [0.1, 0.15) is 36.0 Å². The zero-order chi connectivity index (χ0) is 11.4. The molecule has 0 spiro atoms. The number of nitrogens with zero attached hydrogens (tertiary/aromatic N) is 1. The molecule has 2 N–H and O–H groups in total. The summed E-state index contributed by atoms with van der Waals surface area (Å²) in [6.45, 7) is 0.830. The van der Waals surface area contributed by atoms with Gasteiger partial charge in [0.15, 0.2) is 0 Å². The molecule has 0 aliphatic heterocycles. The van der Waals surface area contributed by atoms with Crippen LogP contribution in [0.5, 0.6) is 0 Å². The maximum absolute atomic E-state index is 10.9. The number of carboxylic acids is 1. The lowest BCUT2D eigenvalue weighted by molar-refractivity contribution is 0.0698. The highest BCUT2D eigenvalue weighted by molar-refractivity contribution is 5.93. The highest BCUT2D eigenvalue weighted by atomic mass is 16.4. The molecule has 0 aromatic carbocycles. The van der Waals surface area contributed by atoms with Crippen molar-refractivity contribution in [3.63, 3.8) is 0 Å². The standard InChI is InChI=1S/C12H16N2O2/c15-12(16)10-5-6-13-8-11(10)14-7-4-9-2-1-3-9/h5-6,8-9,14H,1-4,7H2,(H,15,16). The van der Waals surface area contributed by atoms with Crippen molar-refractivity contribution in [2.45, 2.75) is 25.7 Å². The third-order valence-electron chi connectivity index (χ3n) is 3.14. The Morgan fingerprint density at radius 3 is 3.00 bits per heavy atom. The average Bonchev–Trinajstić information content (AvgIpc) is 2.22. The molecule has 16 heavy (non-hydrogen) atoms. The molecule has 0 atom stereocenters. The Kier molecular flexibility index (Phi) is 3.39. The summed E-state index contributed by atoms with van der Waals surface area (Å²) in [5.41, 5.74) is 0.915. The van der Waals surface area contributed by atoms with E-state index in [9.17, 15) is 4.79 Å². The van der Waals surface area contributed by atoms with E-state index in [2.05, 4.69) is 10.3 Å². The normalized spacial score (nSPS) is 15.5. The average molecular weight is 220 g/mol. The first-order valence-electron chi connectivity index (χ1n) is 5.68. The number of hydrogen-bond acceptors (Lipinski definition) is 3. The van der Waals surface area contributed by atoms with E-state index in [1.807, 2.05) is 0 Å². The predicted molar refractivity (Wildman–Crippen MR) is 61.6 cm³/mol. The number of rotatable bonds is 5. The van der Waals surface area contributed by atoms with Crippen molar-refractivity contribution in [3.05, 3.63) is 24.0 Å². The molecule has 86 valence electrons. The quantitative estimate of drug-likeness (QED) is 0.799. The van der Waals surface area contributed by atoms with Crippen molar-refractivity contribution in [2.75, 3.05) is 11.9 Å². The number of carbonyl (C=O) groups is 1. The second-order valence-electron chi connectivity index (χ2n) is 4.24. The fraction of sp³-hybridized carbons (Fsp3) is 0.500. The van der Waals surface area contributed by atoms with Crippen molar-refractivity contribution in [1.29, 1.82) is 0 Å². The van der Waals surface area contributed by atoms with E-state index in [-0.39, 0.29) is 0 Å². The number of anilines is 1. The molecule has 1 saturated carbocycles. The maximum Gasteiger partial charge on any atom is 0.337 e. The molecule has 1 aromatic rings. The van der Waals surface area contributed by atoms with Gasteiger partial charge in [-0.1, -0.05) is 19.3 Å². The molecule has 1 fully saturated rings. The molecule has 4 heteroatoms. The number of aromatic carboxylic acids is 1. The Labute approximate surface area is 94.7 Å². The number of nitrogens with one attached hydrogen (secondary N) is 1. The maximum atomic E-state index is 10.9. The van der Waals surface area contributed by atoms with Gasteiger partial charge in [-0.2, -0.15) is 0 Å². The molecular weight excluding hydrogens is 204 g/mol. The van der Waals surface area contributed by atoms with E-state index in [1.54, 1.807) is 6.20 Å². The summed E-state index contributed by atoms with van der Waals surface area (Å²) in [7, 11) is 0. The number of pyridine rings is 1. The Morgan fingerprint density at radius 1 is 1.56 bits per heavy atom. The third-order valence-corrected chi connectivity index (χ3v) is 3.14. The highest BCUT2D eigenvalue weighted by Gasteiger charge is 2.17. The molecular formula is C12H16N2O2. The lowest BCUT2D eigenvalue weighted by Gasteiger charge is -2.25. The first-order valence-corrected chi connectivity index (χ1v) is 5.68. The van der Waals surface area contributed by atoms with Gasteiger partial charge in [-0.15, -0.1) is 0 Å². The molecule has 1 heterocycles. The molecule has 1 aromatic heterocycles. The van der Waals surface area contributed by atoms with Crippen molar-refractivity contribution >= 4 is 11.7 Å². The van der Waals surface area contributed by atoms with Crippen LogP contribution in [-0.2, 0) is 0 Å². The summed E-state index contributed by atoms with van der Waals surface area (Å²) in [5, 5.41) is 12.1. The van der Waals surface area contributed by atoms with Crippen LogP contribution in [0.2, 0.25) is 0 Å². The predicted octanol–water partition coefficient (Wildman–Crippen LogP) is 2.38. The minimum absolute atomic E-state index is 0.295. The van der Waals surface area contributed by atoms with Gasteiger partial charge in [0.1, 0.15) is 0 Å². The molecule has 1 aliphatic rings. The first kappa shape index (κ1) is 10.9. The van der Waals surface area contributed by atoms with Crippen LogP contribution in [0.25, 0.3) is 0 Å². The lowest BCUT2D eigenvalue weighted by atomic mass is 9.83. The van der Waals surface area contributed by atoms with Crippen LogP contribution in [0.4, 0.5) is 5.69 Å². The number of aromatic nitrogens is 1. The molecule has 2 rings (SSSR count). The Bertz CT molecular complexity index is 375. The Morgan fingerprint density at radius 2 is 2.38 bits per heavy atom. The molecule has 0 unspecified atom stereocenters. The van der Waals surface area contributed by atoms with Crippen LogP contribution in [0, 0.1) is 5.92 Å². The van der Waals surface area contributed by atoms with E-state index < -0.39 is 5.97 Å². The van der Waals surface area contributed by atoms with Gasteiger partial charge in [-0.25, -0.2) is 4.79 Å². The summed E-state index contributed by atoms with van der Waals surface area (Å²) < 4.78 is 0. The second-order valence-corrected chi connectivity index (χ2v) is 4.24. The van der Waals surface area contributed by atoms with E-state index in [4.69, 9.17) is 5.11 Å². The summed E-state index contributed by atoms with van der Waals surface area (Å²) in [6, 6.07) is 1.52. The van der Waals surface area contributed by atoms with Crippen molar-refractivity contribution in [1.82, 2.24) is 4.98 Å².